The van der Waals surface area contributed by atoms with Gasteiger partial charge >= 0.3 is 0 Å². The second-order valence-electron chi connectivity index (χ2n) is 3.79. The van der Waals surface area contributed by atoms with Gasteiger partial charge in [0, 0.05) is 11.6 Å². The molecule has 1 N–H and O–H groups in total. The van der Waals surface area contributed by atoms with Gasteiger partial charge < -0.3 is 5.32 Å². The highest BCUT2D eigenvalue weighted by molar-refractivity contribution is 6.31. The van der Waals surface area contributed by atoms with Crippen LogP contribution in [-0.2, 0) is 6.54 Å². The first-order valence-electron chi connectivity index (χ1n) is 5.14. The van der Waals surface area contributed by atoms with Crippen molar-refractivity contribution < 1.29 is 0 Å². The van der Waals surface area contributed by atoms with Gasteiger partial charge in [0.2, 0.25) is 0 Å². The summed E-state index contributed by atoms with van der Waals surface area (Å²) >= 11 is 6.17. The van der Waals surface area contributed by atoms with Gasteiger partial charge in [-0.15, -0.1) is 0 Å². The van der Waals surface area contributed by atoms with E-state index in [1.54, 1.807) is 0 Å². The van der Waals surface area contributed by atoms with Crippen LogP contribution in [0.5, 0.6) is 0 Å². The Morgan fingerprint density at radius 1 is 1.36 bits per heavy atom. The van der Waals surface area contributed by atoms with E-state index in [0.29, 0.717) is 5.92 Å². The minimum absolute atomic E-state index is 0.542. The van der Waals surface area contributed by atoms with Crippen LogP contribution in [0.1, 0.15) is 37.8 Å². The monoisotopic (exact) mass is 211 g/mol. The maximum Gasteiger partial charge on any atom is 0.0453 e. The normalized spacial score (nSPS) is 10.9. The second kappa shape index (κ2) is 5.38. The molecule has 1 aromatic rings. The first kappa shape index (κ1) is 11.5. The fourth-order valence-corrected chi connectivity index (χ4v) is 1.58. The first-order valence-corrected chi connectivity index (χ1v) is 5.52. The van der Waals surface area contributed by atoms with Crippen molar-refractivity contribution in [2.24, 2.45) is 0 Å². The maximum atomic E-state index is 6.17. The van der Waals surface area contributed by atoms with E-state index in [1.807, 2.05) is 0 Å². The lowest BCUT2D eigenvalue weighted by Crippen LogP contribution is -2.12. The summed E-state index contributed by atoms with van der Waals surface area (Å²) < 4.78 is 0. The zero-order valence-electron chi connectivity index (χ0n) is 9.10. The van der Waals surface area contributed by atoms with Crippen molar-refractivity contribution in [3.05, 3.63) is 34.3 Å². The summed E-state index contributed by atoms with van der Waals surface area (Å²) in [5, 5.41) is 4.14. The molecule has 0 bridgehead atoms. The van der Waals surface area contributed by atoms with Crippen LogP contribution in [0, 0.1) is 0 Å². The second-order valence-corrected chi connectivity index (χ2v) is 4.19. The molecule has 0 radical (unpaired) electrons. The summed E-state index contributed by atoms with van der Waals surface area (Å²) in [6.45, 7) is 8.28. The van der Waals surface area contributed by atoms with E-state index in [9.17, 15) is 0 Å². The molecule has 0 spiro atoms. The van der Waals surface area contributed by atoms with Gasteiger partial charge in [-0.3, -0.25) is 0 Å². The maximum absolute atomic E-state index is 6.17. The molecule has 1 rings (SSSR count). The molecular formula is C12H18ClN. The van der Waals surface area contributed by atoms with E-state index >= 15 is 0 Å². The van der Waals surface area contributed by atoms with Crippen LogP contribution in [0.25, 0.3) is 0 Å². The summed E-state index contributed by atoms with van der Waals surface area (Å²) in [7, 11) is 0. The van der Waals surface area contributed by atoms with Gasteiger partial charge in [0.15, 0.2) is 0 Å². The van der Waals surface area contributed by atoms with Crippen molar-refractivity contribution >= 4 is 11.6 Å². The first-order chi connectivity index (χ1) is 6.65. The lowest BCUT2D eigenvalue weighted by molar-refractivity contribution is 0.726. The Kier molecular flexibility index (Phi) is 4.43. The van der Waals surface area contributed by atoms with E-state index in [0.717, 1.165) is 18.1 Å². The standard InChI is InChI=1S/C12H18ClN/c1-4-14-8-11-6-5-10(9(2)3)7-12(11)13/h5-7,9,14H,4,8H2,1-3H3. The molecule has 0 aliphatic carbocycles. The SMILES string of the molecule is CCNCc1ccc(C(C)C)cc1Cl. The highest BCUT2D eigenvalue weighted by atomic mass is 35.5. The van der Waals surface area contributed by atoms with Gasteiger partial charge in [0.05, 0.1) is 0 Å². The smallest absolute Gasteiger partial charge is 0.0453 e. The van der Waals surface area contributed by atoms with Gasteiger partial charge in [0.1, 0.15) is 0 Å². The molecule has 0 fully saturated rings. The Bertz CT molecular complexity index is 294. The van der Waals surface area contributed by atoms with Gasteiger partial charge in [-0.25, -0.2) is 0 Å². The van der Waals surface area contributed by atoms with Crippen molar-refractivity contribution in [3.63, 3.8) is 0 Å². The van der Waals surface area contributed by atoms with Gasteiger partial charge in [-0.2, -0.15) is 0 Å². The number of rotatable bonds is 4. The van der Waals surface area contributed by atoms with E-state index in [-0.39, 0.29) is 0 Å². The molecule has 0 heterocycles. The van der Waals surface area contributed by atoms with Crippen molar-refractivity contribution in [3.8, 4) is 0 Å². The molecule has 0 saturated carbocycles. The molecule has 0 atom stereocenters. The van der Waals surface area contributed by atoms with Crippen LogP contribution in [0.3, 0.4) is 0 Å². The van der Waals surface area contributed by atoms with Crippen LogP contribution in [0.4, 0.5) is 0 Å². The summed E-state index contributed by atoms with van der Waals surface area (Å²) in [5.41, 5.74) is 2.48. The third-order valence-corrected chi connectivity index (χ3v) is 2.66. The Labute approximate surface area is 91.5 Å². The van der Waals surface area contributed by atoms with Gasteiger partial charge in [0.25, 0.3) is 0 Å². The molecule has 2 heteroatoms. The van der Waals surface area contributed by atoms with E-state index in [2.05, 4.69) is 44.3 Å². The minimum Gasteiger partial charge on any atom is -0.313 e. The number of nitrogens with one attached hydrogen (secondary N) is 1. The molecule has 0 aliphatic heterocycles. The van der Waals surface area contributed by atoms with Crippen LogP contribution in [0.2, 0.25) is 5.02 Å². The van der Waals surface area contributed by atoms with Crippen LogP contribution in [0.15, 0.2) is 18.2 Å². The fourth-order valence-electron chi connectivity index (χ4n) is 1.33. The molecule has 1 nitrogen and oxygen atoms in total. The van der Waals surface area contributed by atoms with Gasteiger partial charge in [-0.05, 0) is 29.7 Å². The van der Waals surface area contributed by atoms with Gasteiger partial charge in [-0.1, -0.05) is 44.5 Å². The topological polar surface area (TPSA) is 12.0 Å². The molecule has 0 aromatic heterocycles. The molecule has 78 valence electrons. The van der Waals surface area contributed by atoms with Crippen LogP contribution >= 0.6 is 11.6 Å². The van der Waals surface area contributed by atoms with Crippen molar-refractivity contribution in [2.75, 3.05) is 6.54 Å². The minimum atomic E-state index is 0.542. The highest BCUT2D eigenvalue weighted by Crippen LogP contribution is 2.22. The van der Waals surface area contributed by atoms with Crippen molar-refractivity contribution in [1.29, 1.82) is 0 Å². The molecule has 0 aliphatic rings. The zero-order valence-corrected chi connectivity index (χ0v) is 9.86. The Morgan fingerprint density at radius 2 is 2.07 bits per heavy atom. The third-order valence-electron chi connectivity index (χ3n) is 2.31. The molecular weight excluding hydrogens is 194 g/mol. The third kappa shape index (κ3) is 3.00. The number of hydrogen-bond acceptors (Lipinski definition) is 1. The quantitative estimate of drug-likeness (QED) is 0.803. The van der Waals surface area contributed by atoms with Crippen LogP contribution in [-0.4, -0.2) is 6.54 Å². The molecule has 0 saturated heterocycles. The Morgan fingerprint density at radius 3 is 2.57 bits per heavy atom. The van der Waals surface area contributed by atoms with Crippen molar-refractivity contribution in [2.45, 2.75) is 33.2 Å². The average molecular weight is 212 g/mol. The summed E-state index contributed by atoms with van der Waals surface area (Å²) in [4.78, 5) is 0. The summed E-state index contributed by atoms with van der Waals surface area (Å²) in [6.07, 6.45) is 0. The molecule has 14 heavy (non-hydrogen) atoms. The lowest BCUT2D eigenvalue weighted by Gasteiger charge is -2.09. The van der Waals surface area contributed by atoms with Crippen LogP contribution < -0.4 is 5.32 Å². The molecule has 0 unspecified atom stereocenters. The number of benzene rings is 1. The Balaban J connectivity index is 2.79. The lowest BCUT2D eigenvalue weighted by atomic mass is 10.0. The summed E-state index contributed by atoms with van der Waals surface area (Å²) in [5.74, 6) is 0.542. The van der Waals surface area contributed by atoms with Crippen molar-refractivity contribution in [1.82, 2.24) is 5.32 Å². The van der Waals surface area contributed by atoms with E-state index in [1.165, 1.54) is 11.1 Å². The largest absolute Gasteiger partial charge is 0.313 e. The number of hydrogen-bond donors (Lipinski definition) is 1. The average Bonchev–Trinajstić information content (AvgIpc) is 2.15. The van der Waals surface area contributed by atoms with E-state index < -0.39 is 0 Å². The zero-order chi connectivity index (χ0) is 10.6. The fraction of sp³-hybridized carbons (Fsp3) is 0.500. The Hall–Kier alpha value is -0.530. The highest BCUT2D eigenvalue weighted by Gasteiger charge is 2.03. The molecule has 0 amide bonds. The predicted octanol–water partition coefficient (Wildman–Crippen LogP) is 3.57. The number of halogens is 1. The molecule has 1 aromatic carbocycles. The predicted molar refractivity (Wildman–Crippen MR) is 62.9 cm³/mol. The van der Waals surface area contributed by atoms with E-state index in [4.69, 9.17) is 11.6 Å². The summed E-state index contributed by atoms with van der Waals surface area (Å²) in [6, 6.07) is 6.34.